The van der Waals surface area contributed by atoms with Crippen LogP contribution in [-0.4, -0.2) is 37.1 Å². The van der Waals surface area contributed by atoms with Gasteiger partial charge in [0.2, 0.25) is 5.91 Å². The molecule has 1 rings (SSSR count). The van der Waals surface area contributed by atoms with Gasteiger partial charge in [-0.3, -0.25) is 4.79 Å². The first-order chi connectivity index (χ1) is 6.19. The maximum absolute atomic E-state index is 11.3. The number of hydrogen-bond acceptors (Lipinski definition) is 2. The van der Waals surface area contributed by atoms with Crippen molar-refractivity contribution in [3.05, 3.63) is 12.7 Å². The second kappa shape index (κ2) is 4.42. The molecule has 1 saturated heterocycles. The Morgan fingerprint density at radius 3 is 2.85 bits per heavy atom. The van der Waals surface area contributed by atoms with Crippen LogP contribution in [0.25, 0.3) is 0 Å². The summed E-state index contributed by atoms with van der Waals surface area (Å²) in [6, 6.07) is 0. The van der Waals surface area contributed by atoms with E-state index in [1.165, 1.54) is 6.08 Å². The van der Waals surface area contributed by atoms with Gasteiger partial charge in [0.1, 0.15) is 0 Å². The van der Waals surface area contributed by atoms with Crippen molar-refractivity contribution < 1.29 is 9.53 Å². The molecule has 74 valence electrons. The number of nitrogens with zero attached hydrogens (tertiary/aromatic N) is 1. The molecule has 1 fully saturated rings. The lowest BCUT2D eigenvalue weighted by Crippen LogP contribution is -2.44. The van der Waals surface area contributed by atoms with E-state index < -0.39 is 0 Å². The second-order valence-corrected chi connectivity index (χ2v) is 3.53. The maximum Gasteiger partial charge on any atom is 0.245 e. The summed E-state index contributed by atoms with van der Waals surface area (Å²) in [6.45, 7) is 7.15. The quantitative estimate of drug-likeness (QED) is 0.599. The molecule has 1 amide bonds. The molecule has 0 spiro atoms. The highest BCUT2D eigenvalue weighted by atomic mass is 16.5. The monoisotopic (exact) mass is 183 g/mol. The molecule has 2 unspecified atom stereocenters. The fourth-order valence-electron chi connectivity index (χ4n) is 1.80. The lowest BCUT2D eigenvalue weighted by atomic mass is 9.96. The number of piperidine rings is 1. The third-order valence-corrected chi connectivity index (χ3v) is 2.62. The summed E-state index contributed by atoms with van der Waals surface area (Å²) in [5.74, 6) is 0.448. The van der Waals surface area contributed by atoms with Crippen LogP contribution in [0.5, 0.6) is 0 Å². The van der Waals surface area contributed by atoms with E-state index in [-0.39, 0.29) is 5.91 Å². The summed E-state index contributed by atoms with van der Waals surface area (Å²) in [5, 5.41) is 0. The molecule has 0 aromatic rings. The molecule has 13 heavy (non-hydrogen) atoms. The molecule has 0 bridgehead atoms. The Morgan fingerprint density at radius 1 is 1.69 bits per heavy atom. The normalized spacial score (nSPS) is 28.6. The van der Waals surface area contributed by atoms with Crippen molar-refractivity contribution in [1.29, 1.82) is 0 Å². The summed E-state index contributed by atoms with van der Waals surface area (Å²) in [5.41, 5.74) is 0. The third-order valence-electron chi connectivity index (χ3n) is 2.62. The molecule has 1 aliphatic heterocycles. The molecule has 0 saturated carbocycles. The highest BCUT2D eigenvalue weighted by Gasteiger charge is 2.27. The van der Waals surface area contributed by atoms with E-state index in [4.69, 9.17) is 4.74 Å². The van der Waals surface area contributed by atoms with Crippen LogP contribution < -0.4 is 0 Å². The van der Waals surface area contributed by atoms with Gasteiger partial charge in [-0.25, -0.2) is 0 Å². The number of likely N-dealkylation sites (tertiary alicyclic amines) is 1. The molecule has 0 N–H and O–H groups in total. The molecule has 1 heterocycles. The van der Waals surface area contributed by atoms with Gasteiger partial charge in [-0.1, -0.05) is 13.5 Å². The zero-order valence-corrected chi connectivity index (χ0v) is 8.32. The van der Waals surface area contributed by atoms with Crippen LogP contribution in [-0.2, 0) is 9.53 Å². The fourth-order valence-corrected chi connectivity index (χ4v) is 1.80. The van der Waals surface area contributed by atoms with Crippen molar-refractivity contribution in [2.45, 2.75) is 19.4 Å². The molecule has 3 heteroatoms. The maximum atomic E-state index is 11.3. The van der Waals surface area contributed by atoms with E-state index in [0.29, 0.717) is 12.0 Å². The highest BCUT2D eigenvalue weighted by molar-refractivity contribution is 5.87. The predicted molar refractivity (Wildman–Crippen MR) is 51.4 cm³/mol. The first-order valence-electron chi connectivity index (χ1n) is 4.63. The Hall–Kier alpha value is -0.830. The van der Waals surface area contributed by atoms with Gasteiger partial charge >= 0.3 is 0 Å². The summed E-state index contributed by atoms with van der Waals surface area (Å²) in [4.78, 5) is 13.1. The van der Waals surface area contributed by atoms with E-state index in [1.807, 2.05) is 4.90 Å². The number of methoxy groups -OCH3 is 1. The zero-order valence-electron chi connectivity index (χ0n) is 8.32. The average molecular weight is 183 g/mol. The van der Waals surface area contributed by atoms with Crippen molar-refractivity contribution in [2.75, 3.05) is 20.2 Å². The van der Waals surface area contributed by atoms with E-state index >= 15 is 0 Å². The molecule has 0 radical (unpaired) electrons. The number of rotatable bonds is 2. The van der Waals surface area contributed by atoms with E-state index in [2.05, 4.69) is 13.5 Å². The Balaban J connectivity index is 2.50. The van der Waals surface area contributed by atoms with E-state index in [9.17, 15) is 4.79 Å². The minimum absolute atomic E-state index is 0.0291. The standard InChI is InChI=1S/C10H17NO2/c1-4-10(12)11-6-5-9(13-3)8(2)7-11/h4,8-9H,1,5-7H2,2-3H3. The van der Waals surface area contributed by atoms with Gasteiger partial charge in [0.25, 0.3) is 0 Å². The summed E-state index contributed by atoms with van der Waals surface area (Å²) in [7, 11) is 1.73. The van der Waals surface area contributed by atoms with Crippen LogP contribution in [0.3, 0.4) is 0 Å². The molecular formula is C10H17NO2. The van der Waals surface area contributed by atoms with Gasteiger partial charge in [-0.2, -0.15) is 0 Å². The predicted octanol–water partition coefficient (Wildman–Crippen LogP) is 1.06. The van der Waals surface area contributed by atoms with E-state index in [1.54, 1.807) is 7.11 Å². The number of hydrogen-bond donors (Lipinski definition) is 0. The Kier molecular flexibility index (Phi) is 3.48. The Morgan fingerprint density at radius 2 is 2.38 bits per heavy atom. The minimum atomic E-state index is 0.0291. The van der Waals surface area contributed by atoms with Gasteiger partial charge in [-0.05, 0) is 18.4 Å². The molecule has 2 atom stereocenters. The number of amides is 1. The Labute approximate surface area is 79.4 Å². The van der Waals surface area contributed by atoms with Crippen molar-refractivity contribution in [1.82, 2.24) is 4.90 Å². The average Bonchev–Trinajstić information content (AvgIpc) is 2.16. The molecule has 1 aliphatic rings. The summed E-state index contributed by atoms with van der Waals surface area (Å²) < 4.78 is 5.30. The Bertz CT molecular complexity index is 203. The number of carbonyl (C=O) groups excluding carboxylic acids is 1. The molecular weight excluding hydrogens is 166 g/mol. The third kappa shape index (κ3) is 2.31. The number of ether oxygens (including phenoxy) is 1. The van der Waals surface area contributed by atoms with Gasteiger partial charge in [0.05, 0.1) is 6.10 Å². The molecule has 0 aromatic heterocycles. The van der Waals surface area contributed by atoms with Crippen LogP contribution in [0, 0.1) is 5.92 Å². The van der Waals surface area contributed by atoms with Crippen LogP contribution in [0.2, 0.25) is 0 Å². The zero-order chi connectivity index (χ0) is 9.84. The lowest BCUT2D eigenvalue weighted by molar-refractivity contribution is -0.130. The van der Waals surface area contributed by atoms with Crippen molar-refractivity contribution >= 4 is 5.91 Å². The molecule has 0 aromatic carbocycles. The lowest BCUT2D eigenvalue weighted by Gasteiger charge is -2.35. The van der Waals surface area contributed by atoms with Gasteiger partial charge in [0, 0.05) is 20.2 Å². The second-order valence-electron chi connectivity index (χ2n) is 3.53. The van der Waals surface area contributed by atoms with Crippen LogP contribution in [0.1, 0.15) is 13.3 Å². The summed E-state index contributed by atoms with van der Waals surface area (Å²) in [6.07, 6.45) is 2.60. The number of carbonyl (C=O) groups is 1. The minimum Gasteiger partial charge on any atom is -0.381 e. The van der Waals surface area contributed by atoms with Crippen molar-refractivity contribution in [3.8, 4) is 0 Å². The van der Waals surface area contributed by atoms with E-state index in [0.717, 1.165) is 19.5 Å². The van der Waals surface area contributed by atoms with Gasteiger partial charge in [-0.15, -0.1) is 0 Å². The van der Waals surface area contributed by atoms with Crippen molar-refractivity contribution in [2.24, 2.45) is 5.92 Å². The van der Waals surface area contributed by atoms with Crippen LogP contribution >= 0.6 is 0 Å². The summed E-state index contributed by atoms with van der Waals surface area (Å²) >= 11 is 0. The largest absolute Gasteiger partial charge is 0.381 e. The smallest absolute Gasteiger partial charge is 0.245 e. The van der Waals surface area contributed by atoms with Crippen LogP contribution in [0.4, 0.5) is 0 Å². The SMILES string of the molecule is C=CC(=O)N1CCC(OC)C(C)C1. The van der Waals surface area contributed by atoms with Gasteiger partial charge in [0.15, 0.2) is 0 Å². The molecule has 0 aliphatic carbocycles. The highest BCUT2D eigenvalue weighted by Crippen LogP contribution is 2.19. The van der Waals surface area contributed by atoms with Crippen molar-refractivity contribution in [3.63, 3.8) is 0 Å². The topological polar surface area (TPSA) is 29.5 Å². The first kappa shape index (κ1) is 10.3. The van der Waals surface area contributed by atoms with Crippen LogP contribution in [0.15, 0.2) is 12.7 Å². The first-order valence-corrected chi connectivity index (χ1v) is 4.63. The fraction of sp³-hybridized carbons (Fsp3) is 0.700. The van der Waals surface area contributed by atoms with Gasteiger partial charge < -0.3 is 9.64 Å². The molecule has 3 nitrogen and oxygen atoms in total.